The summed E-state index contributed by atoms with van der Waals surface area (Å²) < 4.78 is 144. The van der Waals surface area contributed by atoms with Crippen molar-refractivity contribution in [2.75, 3.05) is 5.73 Å². The molecular formula is C12H5ClF11NO. The van der Waals surface area contributed by atoms with E-state index in [1.54, 1.807) is 0 Å². The minimum atomic E-state index is -7.38. The van der Waals surface area contributed by atoms with Gasteiger partial charge in [-0.25, -0.2) is 0 Å². The Morgan fingerprint density at radius 1 is 0.885 bits per heavy atom. The minimum absolute atomic E-state index is 0.148. The summed E-state index contributed by atoms with van der Waals surface area (Å²) in [6.45, 7) is 0. The molecule has 0 atom stereocenters. The second-order valence-electron chi connectivity index (χ2n) is 4.59. The van der Waals surface area contributed by atoms with Gasteiger partial charge < -0.3 is 10.5 Å². The topological polar surface area (TPSA) is 35.2 Å². The van der Waals surface area contributed by atoms with E-state index >= 15 is 0 Å². The highest BCUT2D eigenvalue weighted by atomic mass is 35.5. The highest BCUT2D eigenvalue weighted by Crippen LogP contribution is 2.55. The van der Waals surface area contributed by atoms with Crippen molar-refractivity contribution in [3.05, 3.63) is 35.1 Å². The van der Waals surface area contributed by atoms with Gasteiger partial charge in [-0.1, -0.05) is 11.6 Å². The van der Waals surface area contributed by atoms with E-state index in [2.05, 4.69) is 4.74 Å². The molecule has 1 aromatic carbocycles. The lowest BCUT2D eigenvalue weighted by Gasteiger charge is -2.32. The van der Waals surface area contributed by atoms with Crippen LogP contribution < -0.4 is 10.5 Å². The summed E-state index contributed by atoms with van der Waals surface area (Å²) in [5, 5.41) is -0.378. The molecule has 0 aliphatic heterocycles. The summed E-state index contributed by atoms with van der Waals surface area (Å²) in [5.74, 6) is -26.5. The van der Waals surface area contributed by atoms with E-state index in [0.29, 0.717) is 12.1 Å². The molecule has 26 heavy (non-hydrogen) atoms. The molecule has 0 saturated carbocycles. The SMILES string of the molecule is Nc1ccc(OC(F)=C(F)C(F)(F)C(F)(F)C(F)(F)C(F)(F)F)cc1Cl. The molecule has 0 bridgehead atoms. The summed E-state index contributed by atoms with van der Waals surface area (Å²) in [7, 11) is 0. The molecule has 2 N–H and O–H groups in total. The number of halogens is 12. The molecule has 0 spiro atoms. The zero-order chi connectivity index (χ0) is 20.7. The molecule has 0 fully saturated rings. The Balaban J connectivity index is 3.31. The first-order chi connectivity index (χ1) is 11.5. The van der Waals surface area contributed by atoms with Crippen LogP contribution in [0.25, 0.3) is 0 Å². The number of hydrogen-bond acceptors (Lipinski definition) is 2. The van der Waals surface area contributed by atoms with Crippen LogP contribution in [0.1, 0.15) is 0 Å². The van der Waals surface area contributed by atoms with Crippen LogP contribution in [-0.4, -0.2) is 23.9 Å². The molecule has 2 nitrogen and oxygen atoms in total. The number of nitrogen functional groups attached to an aromatic ring is 1. The van der Waals surface area contributed by atoms with Gasteiger partial charge in [0.05, 0.1) is 10.7 Å². The van der Waals surface area contributed by atoms with Crippen molar-refractivity contribution in [3.63, 3.8) is 0 Å². The van der Waals surface area contributed by atoms with Gasteiger partial charge in [0.25, 0.3) is 0 Å². The van der Waals surface area contributed by atoms with E-state index in [4.69, 9.17) is 17.3 Å². The predicted molar refractivity (Wildman–Crippen MR) is 66.6 cm³/mol. The molecule has 14 heteroatoms. The number of alkyl halides is 9. The Bertz CT molecular complexity index is 714. The molecule has 0 aliphatic rings. The first-order valence-corrected chi connectivity index (χ1v) is 6.33. The number of anilines is 1. The Kier molecular flexibility index (Phi) is 5.67. The van der Waals surface area contributed by atoms with Gasteiger partial charge in [0, 0.05) is 6.07 Å². The van der Waals surface area contributed by atoms with E-state index in [-0.39, 0.29) is 10.7 Å². The Morgan fingerprint density at radius 2 is 1.38 bits per heavy atom. The van der Waals surface area contributed by atoms with Gasteiger partial charge >= 0.3 is 30.0 Å². The van der Waals surface area contributed by atoms with Crippen LogP contribution in [-0.2, 0) is 0 Å². The van der Waals surface area contributed by atoms with Crippen molar-refractivity contribution < 1.29 is 53.0 Å². The Labute approximate surface area is 142 Å². The number of nitrogens with two attached hydrogens (primary N) is 1. The van der Waals surface area contributed by atoms with Crippen molar-refractivity contribution in [2.24, 2.45) is 0 Å². The van der Waals surface area contributed by atoms with Gasteiger partial charge in [-0.3, -0.25) is 0 Å². The molecule has 1 rings (SSSR count). The summed E-state index contributed by atoms with van der Waals surface area (Å²) in [4.78, 5) is 0. The smallest absolute Gasteiger partial charge is 0.430 e. The lowest BCUT2D eigenvalue weighted by Crippen LogP contribution is -2.61. The average Bonchev–Trinajstić information content (AvgIpc) is 2.48. The maximum absolute atomic E-state index is 13.3. The highest BCUT2D eigenvalue weighted by Gasteiger charge is 2.83. The standard InChI is InChI=1S/C12H5ClF11NO/c13-5-3-4(1-2-6(5)25)26-8(15)7(14)9(16,17)10(18,19)11(20,21)12(22,23)24/h1-3H,25H2. The normalized spacial score (nSPS) is 14.9. The largest absolute Gasteiger partial charge is 0.460 e. The van der Waals surface area contributed by atoms with Crippen LogP contribution in [0.2, 0.25) is 5.02 Å². The third-order valence-electron chi connectivity index (χ3n) is 2.77. The fraction of sp³-hybridized carbons (Fsp3) is 0.333. The van der Waals surface area contributed by atoms with Gasteiger partial charge in [-0.05, 0) is 12.1 Å². The number of allylic oxidation sites excluding steroid dienone is 1. The lowest BCUT2D eigenvalue weighted by molar-refractivity contribution is -0.392. The van der Waals surface area contributed by atoms with Gasteiger partial charge in [0.2, 0.25) is 5.83 Å². The van der Waals surface area contributed by atoms with Crippen LogP contribution in [0.4, 0.5) is 54.0 Å². The average molecular weight is 424 g/mol. The Morgan fingerprint density at radius 3 is 1.81 bits per heavy atom. The van der Waals surface area contributed by atoms with Crippen LogP contribution in [0.15, 0.2) is 30.0 Å². The predicted octanol–water partition coefficient (Wildman–Crippen LogP) is 5.88. The molecule has 148 valence electrons. The summed E-state index contributed by atoms with van der Waals surface area (Å²) in [6, 6.07) is -1.01. The van der Waals surface area contributed by atoms with Crippen LogP contribution >= 0.6 is 11.6 Å². The summed E-state index contributed by atoms with van der Waals surface area (Å²) >= 11 is 5.42. The van der Waals surface area contributed by atoms with Gasteiger partial charge in [-0.15, -0.1) is 0 Å². The molecule has 0 heterocycles. The van der Waals surface area contributed by atoms with Crippen molar-refractivity contribution in [1.82, 2.24) is 0 Å². The summed E-state index contributed by atoms with van der Waals surface area (Å²) in [6.07, 6.45) is -7.18. The van der Waals surface area contributed by atoms with Gasteiger partial charge in [0.15, 0.2) is 0 Å². The number of ether oxygens (including phenoxy) is 1. The quantitative estimate of drug-likeness (QED) is 0.365. The van der Waals surface area contributed by atoms with Gasteiger partial charge in [-0.2, -0.15) is 48.3 Å². The third-order valence-corrected chi connectivity index (χ3v) is 3.10. The molecule has 0 saturated heterocycles. The van der Waals surface area contributed by atoms with Crippen LogP contribution in [0.5, 0.6) is 5.75 Å². The van der Waals surface area contributed by atoms with E-state index < -0.39 is 41.5 Å². The van der Waals surface area contributed by atoms with E-state index in [9.17, 15) is 48.3 Å². The second-order valence-corrected chi connectivity index (χ2v) is 5.00. The molecular weight excluding hydrogens is 419 g/mol. The molecule has 0 amide bonds. The molecule has 0 radical (unpaired) electrons. The fourth-order valence-electron chi connectivity index (χ4n) is 1.36. The van der Waals surface area contributed by atoms with Crippen molar-refractivity contribution in [3.8, 4) is 5.75 Å². The number of rotatable bonds is 5. The third kappa shape index (κ3) is 3.62. The number of benzene rings is 1. The minimum Gasteiger partial charge on any atom is -0.430 e. The van der Waals surface area contributed by atoms with Crippen LogP contribution in [0, 0.1) is 0 Å². The fourth-order valence-corrected chi connectivity index (χ4v) is 1.53. The zero-order valence-electron chi connectivity index (χ0n) is 11.8. The summed E-state index contributed by atoms with van der Waals surface area (Å²) in [5.41, 5.74) is 5.07. The van der Waals surface area contributed by atoms with E-state index in [1.807, 2.05) is 0 Å². The van der Waals surface area contributed by atoms with E-state index in [1.165, 1.54) is 0 Å². The van der Waals surface area contributed by atoms with Crippen molar-refractivity contribution in [1.29, 1.82) is 0 Å². The highest BCUT2D eigenvalue weighted by molar-refractivity contribution is 6.33. The first kappa shape index (κ1) is 22.1. The molecule has 0 aromatic heterocycles. The monoisotopic (exact) mass is 423 g/mol. The molecule has 0 unspecified atom stereocenters. The van der Waals surface area contributed by atoms with Crippen molar-refractivity contribution >= 4 is 17.3 Å². The number of hydrogen-bond donors (Lipinski definition) is 1. The zero-order valence-corrected chi connectivity index (χ0v) is 12.5. The van der Waals surface area contributed by atoms with E-state index in [0.717, 1.165) is 6.07 Å². The maximum atomic E-state index is 13.3. The maximum Gasteiger partial charge on any atom is 0.460 e. The molecule has 0 aliphatic carbocycles. The first-order valence-electron chi connectivity index (χ1n) is 5.95. The lowest BCUT2D eigenvalue weighted by atomic mass is 10.0. The molecule has 1 aromatic rings. The van der Waals surface area contributed by atoms with Crippen molar-refractivity contribution in [2.45, 2.75) is 23.9 Å². The Hall–Kier alpha value is -1.92. The second kappa shape index (κ2) is 6.67. The van der Waals surface area contributed by atoms with Gasteiger partial charge in [0.1, 0.15) is 5.75 Å². The van der Waals surface area contributed by atoms with Crippen LogP contribution in [0.3, 0.4) is 0 Å².